The summed E-state index contributed by atoms with van der Waals surface area (Å²) in [5.74, 6) is -1.97. The number of carbonyl (C=O) groups is 2. The molecule has 0 bridgehead atoms. The van der Waals surface area contributed by atoms with Crippen LogP contribution in [0.15, 0.2) is 24.3 Å². The van der Waals surface area contributed by atoms with Gasteiger partial charge >= 0.3 is 12.1 Å². The van der Waals surface area contributed by atoms with Crippen LogP contribution in [0.2, 0.25) is 0 Å². The Labute approximate surface area is 117 Å². The van der Waals surface area contributed by atoms with Gasteiger partial charge in [-0.1, -0.05) is 0 Å². The van der Waals surface area contributed by atoms with E-state index in [2.05, 4.69) is 0 Å². The van der Waals surface area contributed by atoms with Crippen molar-refractivity contribution in [3.63, 3.8) is 0 Å². The fourth-order valence-electron chi connectivity index (χ4n) is 2.24. The Morgan fingerprint density at radius 2 is 1.76 bits per heavy atom. The third kappa shape index (κ3) is 3.15. The highest BCUT2D eigenvalue weighted by Crippen LogP contribution is 2.29. The fourth-order valence-corrected chi connectivity index (χ4v) is 2.24. The third-order valence-electron chi connectivity index (χ3n) is 3.28. The van der Waals surface area contributed by atoms with Crippen LogP contribution in [0, 0.1) is 0 Å². The van der Waals surface area contributed by atoms with Crippen LogP contribution in [0.4, 0.5) is 13.2 Å². The van der Waals surface area contributed by atoms with Crippen molar-refractivity contribution in [2.24, 2.45) is 0 Å². The Morgan fingerprint density at radius 3 is 2.24 bits per heavy atom. The fraction of sp³-hybridized carbons (Fsp3) is 0.385. The Balaban J connectivity index is 2.22. The number of hydrogen-bond acceptors (Lipinski definition) is 3. The summed E-state index contributed by atoms with van der Waals surface area (Å²) in [6.07, 6.45) is -5.55. The lowest BCUT2D eigenvalue weighted by Gasteiger charge is -2.21. The van der Waals surface area contributed by atoms with Crippen LogP contribution in [-0.2, 0) is 11.0 Å². The summed E-state index contributed by atoms with van der Waals surface area (Å²) in [6, 6.07) is 2.34. The highest BCUT2D eigenvalue weighted by Gasteiger charge is 2.39. The van der Waals surface area contributed by atoms with E-state index in [1.54, 1.807) is 0 Å². The van der Waals surface area contributed by atoms with Crippen molar-refractivity contribution >= 4 is 11.9 Å². The number of rotatable bonds is 2. The molecule has 2 N–H and O–H groups in total. The van der Waals surface area contributed by atoms with E-state index in [-0.39, 0.29) is 18.5 Å². The summed E-state index contributed by atoms with van der Waals surface area (Å²) < 4.78 is 37.3. The van der Waals surface area contributed by atoms with Gasteiger partial charge in [-0.25, -0.2) is 4.79 Å². The molecule has 1 aromatic carbocycles. The molecule has 0 aliphatic carbocycles. The molecule has 0 aromatic heterocycles. The molecule has 0 saturated carbocycles. The number of alkyl halides is 3. The molecule has 114 valence electrons. The number of aliphatic carboxylic acids is 1. The zero-order valence-electron chi connectivity index (χ0n) is 10.7. The maximum absolute atomic E-state index is 12.4. The van der Waals surface area contributed by atoms with E-state index in [1.165, 1.54) is 0 Å². The molecule has 1 unspecified atom stereocenters. The maximum Gasteiger partial charge on any atom is 0.416 e. The number of β-amino-alcohol motifs (C(OH)–C–C–N with tert-alkyl or cyclic N) is 1. The van der Waals surface area contributed by atoms with Crippen LogP contribution in [-0.4, -0.2) is 45.7 Å². The van der Waals surface area contributed by atoms with Gasteiger partial charge in [-0.3, -0.25) is 4.79 Å². The van der Waals surface area contributed by atoms with E-state index in [0.29, 0.717) is 0 Å². The number of amides is 1. The molecule has 8 heteroatoms. The average molecular weight is 303 g/mol. The van der Waals surface area contributed by atoms with Crippen LogP contribution in [0.25, 0.3) is 0 Å². The number of aliphatic hydroxyl groups is 1. The van der Waals surface area contributed by atoms with Gasteiger partial charge < -0.3 is 15.1 Å². The predicted molar refractivity (Wildman–Crippen MR) is 64.5 cm³/mol. The third-order valence-corrected chi connectivity index (χ3v) is 3.28. The van der Waals surface area contributed by atoms with Gasteiger partial charge in [-0.05, 0) is 24.3 Å². The summed E-state index contributed by atoms with van der Waals surface area (Å²) in [5.41, 5.74) is -0.946. The maximum atomic E-state index is 12.4. The van der Waals surface area contributed by atoms with Crippen LogP contribution < -0.4 is 0 Å². The first kappa shape index (κ1) is 15.3. The van der Waals surface area contributed by atoms with Crippen molar-refractivity contribution in [1.82, 2.24) is 4.90 Å². The number of likely N-dealkylation sites (tertiary alicyclic amines) is 1. The molecule has 5 nitrogen and oxygen atoms in total. The number of benzene rings is 1. The topological polar surface area (TPSA) is 77.8 Å². The second kappa shape index (κ2) is 5.36. The van der Waals surface area contributed by atoms with Gasteiger partial charge in [-0.2, -0.15) is 13.2 Å². The first-order valence-electron chi connectivity index (χ1n) is 6.09. The minimum absolute atomic E-state index is 0.0525. The van der Waals surface area contributed by atoms with E-state index in [9.17, 15) is 27.9 Å². The van der Waals surface area contributed by atoms with Crippen LogP contribution in [0.3, 0.4) is 0 Å². The predicted octanol–water partition coefficient (Wildman–Crippen LogP) is 1.37. The quantitative estimate of drug-likeness (QED) is 0.865. The summed E-state index contributed by atoms with van der Waals surface area (Å²) in [6.45, 7) is -0.156. The van der Waals surface area contributed by atoms with Gasteiger partial charge in [0.25, 0.3) is 5.91 Å². The molecule has 1 amide bonds. The zero-order chi connectivity index (χ0) is 15.8. The van der Waals surface area contributed by atoms with E-state index in [0.717, 1.165) is 29.2 Å². The largest absolute Gasteiger partial charge is 0.480 e. The van der Waals surface area contributed by atoms with Crippen LogP contribution >= 0.6 is 0 Å². The number of hydrogen-bond donors (Lipinski definition) is 2. The normalized spacial score (nSPS) is 22.4. The Bertz CT molecular complexity index is 556. The smallest absolute Gasteiger partial charge is 0.416 e. The molecule has 1 aromatic rings. The number of nitrogens with zero attached hydrogens (tertiary/aromatic N) is 1. The average Bonchev–Trinajstić information content (AvgIpc) is 2.79. The second-order valence-corrected chi connectivity index (χ2v) is 4.78. The first-order valence-corrected chi connectivity index (χ1v) is 6.09. The monoisotopic (exact) mass is 303 g/mol. The van der Waals surface area contributed by atoms with Gasteiger partial charge in [0.1, 0.15) is 6.04 Å². The number of aliphatic hydroxyl groups excluding tert-OH is 1. The summed E-state index contributed by atoms with van der Waals surface area (Å²) >= 11 is 0. The van der Waals surface area contributed by atoms with Gasteiger partial charge in [0.2, 0.25) is 0 Å². The number of halogens is 3. The Morgan fingerprint density at radius 1 is 1.19 bits per heavy atom. The second-order valence-electron chi connectivity index (χ2n) is 4.78. The molecule has 0 radical (unpaired) electrons. The number of carboxylic acids is 1. The molecule has 1 fully saturated rings. The SMILES string of the molecule is O=C(O)[C@@H]1CC(O)CN1C(=O)c1ccc(C(F)(F)F)cc1. The molecule has 2 atom stereocenters. The number of carbonyl (C=O) groups excluding carboxylic acids is 1. The van der Waals surface area contributed by atoms with Gasteiger partial charge in [0, 0.05) is 18.5 Å². The lowest BCUT2D eigenvalue weighted by atomic mass is 10.1. The highest BCUT2D eigenvalue weighted by molar-refractivity contribution is 5.97. The number of carboxylic acid groups (broad SMARTS) is 1. The van der Waals surface area contributed by atoms with Gasteiger partial charge in [0.15, 0.2) is 0 Å². The van der Waals surface area contributed by atoms with E-state index < -0.39 is 35.8 Å². The Kier molecular flexibility index (Phi) is 3.91. The van der Waals surface area contributed by atoms with Crippen molar-refractivity contribution in [3.8, 4) is 0 Å². The minimum atomic E-state index is -4.50. The summed E-state index contributed by atoms with van der Waals surface area (Å²) in [4.78, 5) is 24.1. The van der Waals surface area contributed by atoms with E-state index in [4.69, 9.17) is 5.11 Å². The van der Waals surface area contributed by atoms with Crippen molar-refractivity contribution in [2.75, 3.05) is 6.54 Å². The van der Waals surface area contributed by atoms with Gasteiger partial charge in [-0.15, -0.1) is 0 Å². The molecule has 2 rings (SSSR count). The van der Waals surface area contributed by atoms with Crippen LogP contribution in [0.1, 0.15) is 22.3 Å². The molecule has 1 saturated heterocycles. The highest BCUT2D eigenvalue weighted by atomic mass is 19.4. The first-order chi connectivity index (χ1) is 9.70. The Hall–Kier alpha value is -2.09. The molecule has 0 spiro atoms. The van der Waals surface area contributed by atoms with Crippen molar-refractivity contribution in [3.05, 3.63) is 35.4 Å². The lowest BCUT2D eigenvalue weighted by molar-refractivity contribution is -0.141. The molecule has 1 aliphatic rings. The molecular weight excluding hydrogens is 291 g/mol. The van der Waals surface area contributed by atoms with Crippen molar-refractivity contribution < 1.29 is 33.0 Å². The summed E-state index contributed by atoms with van der Waals surface area (Å²) in [7, 11) is 0. The van der Waals surface area contributed by atoms with E-state index in [1.807, 2.05) is 0 Å². The molecular formula is C13H12F3NO4. The molecule has 1 aliphatic heterocycles. The lowest BCUT2D eigenvalue weighted by Crippen LogP contribution is -2.40. The van der Waals surface area contributed by atoms with E-state index >= 15 is 0 Å². The minimum Gasteiger partial charge on any atom is -0.480 e. The molecule has 21 heavy (non-hydrogen) atoms. The van der Waals surface area contributed by atoms with Crippen molar-refractivity contribution in [1.29, 1.82) is 0 Å². The van der Waals surface area contributed by atoms with Crippen molar-refractivity contribution in [2.45, 2.75) is 24.7 Å². The zero-order valence-corrected chi connectivity index (χ0v) is 10.7. The summed E-state index contributed by atoms with van der Waals surface area (Å²) in [5, 5.41) is 18.5. The molecule has 1 heterocycles. The van der Waals surface area contributed by atoms with Crippen LogP contribution in [0.5, 0.6) is 0 Å². The standard InChI is InChI=1S/C13H12F3NO4/c14-13(15,16)8-3-1-7(2-4-8)11(19)17-6-9(18)5-10(17)12(20)21/h1-4,9-10,18H,5-6H2,(H,20,21)/t9?,10-/m0/s1. The van der Waals surface area contributed by atoms with Gasteiger partial charge in [0.05, 0.1) is 11.7 Å².